The van der Waals surface area contributed by atoms with Crippen molar-refractivity contribution in [3.63, 3.8) is 0 Å². The number of esters is 1. The Kier molecular flexibility index (Phi) is 3.48. The third-order valence-electron chi connectivity index (χ3n) is 2.32. The highest BCUT2D eigenvalue weighted by Crippen LogP contribution is 2.18. The Morgan fingerprint density at radius 3 is 2.85 bits per heavy atom. The molecule has 0 aromatic heterocycles. The van der Waals surface area contributed by atoms with Gasteiger partial charge in [0.25, 0.3) is 0 Å². The van der Waals surface area contributed by atoms with E-state index in [9.17, 15) is 4.79 Å². The van der Waals surface area contributed by atoms with E-state index in [1.807, 2.05) is 6.92 Å². The maximum atomic E-state index is 11.1. The van der Waals surface area contributed by atoms with Crippen LogP contribution >= 0.6 is 0 Å². The van der Waals surface area contributed by atoms with E-state index in [0.29, 0.717) is 6.04 Å². The summed E-state index contributed by atoms with van der Waals surface area (Å²) in [5.74, 6) is -0.149. The van der Waals surface area contributed by atoms with Gasteiger partial charge in [0, 0.05) is 6.04 Å². The third kappa shape index (κ3) is 2.84. The number of carbonyl (C=O) groups excluding carboxylic acids is 1. The van der Waals surface area contributed by atoms with E-state index < -0.39 is 0 Å². The molecule has 1 aliphatic heterocycles. The molecule has 0 aromatic rings. The monoisotopic (exact) mass is 183 g/mol. The van der Waals surface area contributed by atoms with Gasteiger partial charge in [0.1, 0.15) is 6.04 Å². The van der Waals surface area contributed by atoms with Crippen LogP contribution in [0.3, 0.4) is 0 Å². The fourth-order valence-electron chi connectivity index (χ4n) is 1.73. The lowest BCUT2D eigenvalue weighted by Crippen LogP contribution is -2.36. The topological polar surface area (TPSA) is 38.3 Å². The summed E-state index contributed by atoms with van der Waals surface area (Å²) in [5, 5.41) is 3.24. The van der Waals surface area contributed by atoms with Gasteiger partial charge in [0.05, 0.1) is 7.11 Å². The van der Waals surface area contributed by atoms with Crippen LogP contribution in [0.2, 0.25) is 0 Å². The van der Waals surface area contributed by atoms with Crippen molar-refractivity contribution in [2.75, 3.05) is 7.11 Å². The highest BCUT2D eigenvalue weighted by atomic mass is 16.5. The highest BCUT2D eigenvalue weighted by Gasteiger charge is 2.29. The second-order valence-corrected chi connectivity index (χ2v) is 3.68. The molecule has 2 unspecified atom stereocenters. The average molecular weight is 183 g/mol. The quantitative estimate of drug-likeness (QED) is 0.528. The first-order chi connectivity index (χ1) is 6.13. The van der Waals surface area contributed by atoms with Gasteiger partial charge in [0.2, 0.25) is 0 Å². The zero-order valence-electron chi connectivity index (χ0n) is 8.30. The summed E-state index contributed by atoms with van der Waals surface area (Å²) < 4.78 is 4.66. The number of methoxy groups -OCH3 is 1. The highest BCUT2D eigenvalue weighted by molar-refractivity contribution is 5.76. The number of rotatable bonds is 3. The van der Waals surface area contributed by atoms with E-state index in [0.717, 1.165) is 24.8 Å². The van der Waals surface area contributed by atoms with E-state index >= 15 is 0 Å². The van der Waals surface area contributed by atoms with Gasteiger partial charge in [-0.15, -0.1) is 6.58 Å². The Hall–Kier alpha value is -0.830. The van der Waals surface area contributed by atoms with Crippen molar-refractivity contribution < 1.29 is 9.53 Å². The maximum Gasteiger partial charge on any atom is 0.322 e. The first-order valence-electron chi connectivity index (χ1n) is 4.61. The summed E-state index contributed by atoms with van der Waals surface area (Å²) in [5.41, 5.74) is 1.16. The van der Waals surface area contributed by atoms with Crippen LogP contribution in [-0.4, -0.2) is 25.2 Å². The molecule has 74 valence electrons. The number of nitrogens with one attached hydrogen (secondary N) is 1. The molecule has 1 saturated heterocycles. The SMILES string of the molecule is C=C(C)CC1CCC(C(=O)OC)N1. The smallest absolute Gasteiger partial charge is 0.322 e. The molecule has 0 radical (unpaired) electrons. The van der Waals surface area contributed by atoms with E-state index in [2.05, 4.69) is 16.6 Å². The van der Waals surface area contributed by atoms with Gasteiger partial charge in [-0.2, -0.15) is 0 Å². The van der Waals surface area contributed by atoms with Crippen LogP contribution < -0.4 is 5.32 Å². The molecule has 1 N–H and O–H groups in total. The fourth-order valence-corrected chi connectivity index (χ4v) is 1.73. The summed E-state index contributed by atoms with van der Waals surface area (Å²) in [6.07, 6.45) is 2.87. The number of hydrogen-bond acceptors (Lipinski definition) is 3. The Morgan fingerprint density at radius 1 is 1.62 bits per heavy atom. The van der Waals surface area contributed by atoms with Crippen molar-refractivity contribution in [1.29, 1.82) is 0 Å². The fraction of sp³-hybridized carbons (Fsp3) is 0.700. The van der Waals surface area contributed by atoms with Gasteiger partial charge in [-0.3, -0.25) is 4.79 Å². The van der Waals surface area contributed by atoms with Crippen molar-refractivity contribution in [3.8, 4) is 0 Å². The normalized spacial score (nSPS) is 27.2. The van der Waals surface area contributed by atoms with Crippen molar-refractivity contribution in [1.82, 2.24) is 5.32 Å². The molecule has 3 nitrogen and oxygen atoms in total. The molecule has 0 spiro atoms. The van der Waals surface area contributed by atoms with Crippen molar-refractivity contribution in [2.45, 2.75) is 38.3 Å². The maximum absolute atomic E-state index is 11.1. The minimum atomic E-state index is -0.149. The van der Waals surface area contributed by atoms with Gasteiger partial charge in [0.15, 0.2) is 0 Å². The molecule has 1 heterocycles. The molecule has 13 heavy (non-hydrogen) atoms. The van der Waals surface area contributed by atoms with Gasteiger partial charge in [-0.1, -0.05) is 5.57 Å². The minimum absolute atomic E-state index is 0.102. The Labute approximate surface area is 79.2 Å². The number of hydrogen-bond donors (Lipinski definition) is 1. The van der Waals surface area contributed by atoms with Crippen LogP contribution in [0, 0.1) is 0 Å². The molecule has 0 aliphatic carbocycles. The van der Waals surface area contributed by atoms with Gasteiger partial charge in [-0.05, 0) is 26.2 Å². The second-order valence-electron chi connectivity index (χ2n) is 3.68. The van der Waals surface area contributed by atoms with E-state index in [1.54, 1.807) is 0 Å². The molecule has 3 heteroatoms. The van der Waals surface area contributed by atoms with Gasteiger partial charge < -0.3 is 10.1 Å². The van der Waals surface area contributed by atoms with Crippen molar-refractivity contribution in [2.24, 2.45) is 0 Å². The lowest BCUT2D eigenvalue weighted by molar-refractivity contribution is -0.142. The van der Waals surface area contributed by atoms with Crippen LogP contribution in [-0.2, 0) is 9.53 Å². The average Bonchev–Trinajstić information content (AvgIpc) is 2.50. The molecule has 0 saturated carbocycles. The van der Waals surface area contributed by atoms with Gasteiger partial charge >= 0.3 is 5.97 Å². The van der Waals surface area contributed by atoms with Crippen LogP contribution in [0.4, 0.5) is 0 Å². The summed E-state index contributed by atoms with van der Waals surface area (Å²) in [4.78, 5) is 11.1. The number of carbonyl (C=O) groups is 1. The predicted octanol–water partition coefficient (Wildman–Crippen LogP) is 1.25. The molecule has 0 amide bonds. The van der Waals surface area contributed by atoms with Crippen molar-refractivity contribution >= 4 is 5.97 Å². The van der Waals surface area contributed by atoms with Crippen LogP contribution in [0.25, 0.3) is 0 Å². The summed E-state index contributed by atoms with van der Waals surface area (Å²) in [7, 11) is 1.43. The Bertz CT molecular complexity index is 213. The lowest BCUT2D eigenvalue weighted by atomic mass is 10.1. The van der Waals surface area contributed by atoms with Crippen molar-refractivity contribution in [3.05, 3.63) is 12.2 Å². The predicted molar refractivity (Wildman–Crippen MR) is 51.4 cm³/mol. The lowest BCUT2D eigenvalue weighted by Gasteiger charge is -2.12. The van der Waals surface area contributed by atoms with E-state index in [1.165, 1.54) is 7.11 Å². The summed E-state index contributed by atoms with van der Waals surface area (Å²) >= 11 is 0. The van der Waals surface area contributed by atoms with E-state index in [-0.39, 0.29) is 12.0 Å². The molecule has 1 fully saturated rings. The molecule has 0 bridgehead atoms. The Balaban J connectivity index is 2.36. The zero-order chi connectivity index (χ0) is 9.84. The van der Waals surface area contributed by atoms with Crippen LogP contribution in [0.5, 0.6) is 0 Å². The largest absolute Gasteiger partial charge is 0.468 e. The molecule has 2 atom stereocenters. The Morgan fingerprint density at radius 2 is 2.31 bits per heavy atom. The molecule has 1 rings (SSSR count). The molecule has 0 aromatic carbocycles. The van der Waals surface area contributed by atoms with Crippen LogP contribution in [0.15, 0.2) is 12.2 Å². The molecule has 1 aliphatic rings. The summed E-state index contributed by atoms with van der Waals surface area (Å²) in [6.45, 7) is 5.86. The van der Waals surface area contributed by atoms with E-state index in [4.69, 9.17) is 0 Å². The molecular weight excluding hydrogens is 166 g/mol. The zero-order valence-corrected chi connectivity index (χ0v) is 8.30. The van der Waals surface area contributed by atoms with Crippen LogP contribution in [0.1, 0.15) is 26.2 Å². The van der Waals surface area contributed by atoms with Gasteiger partial charge in [-0.25, -0.2) is 0 Å². The standard InChI is InChI=1S/C10H17NO2/c1-7(2)6-8-4-5-9(11-8)10(12)13-3/h8-9,11H,1,4-6H2,2-3H3. The second kappa shape index (κ2) is 4.42. The third-order valence-corrected chi connectivity index (χ3v) is 2.32. The minimum Gasteiger partial charge on any atom is -0.468 e. The number of ether oxygens (including phenoxy) is 1. The first kappa shape index (κ1) is 10.3. The molecular formula is C10H17NO2. The summed E-state index contributed by atoms with van der Waals surface area (Å²) in [6, 6.07) is 0.302. The first-order valence-corrected chi connectivity index (χ1v) is 4.61.